The van der Waals surface area contributed by atoms with E-state index in [-0.39, 0.29) is 17.5 Å². The lowest BCUT2D eigenvalue weighted by molar-refractivity contribution is 0.444. The topological polar surface area (TPSA) is 35.6 Å². The van der Waals surface area contributed by atoms with E-state index in [4.69, 9.17) is 9.97 Å². The molecule has 0 saturated heterocycles. The van der Waals surface area contributed by atoms with Crippen LogP contribution in [0.3, 0.4) is 0 Å². The summed E-state index contributed by atoms with van der Waals surface area (Å²) in [6.45, 7) is 14.2. The van der Waals surface area contributed by atoms with Gasteiger partial charge in [0.05, 0.1) is 22.2 Å². The molecule has 0 atom stereocenters. The summed E-state index contributed by atoms with van der Waals surface area (Å²) in [6, 6.07) is 49.6. The van der Waals surface area contributed by atoms with Crippen LogP contribution >= 0.6 is 0 Å². The van der Waals surface area contributed by atoms with Gasteiger partial charge in [-0.05, 0) is 142 Å². The lowest BCUT2D eigenvalue weighted by Gasteiger charge is -2.35. The zero-order chi connectivity index (χ0) is 46.5. The average Bonchev–Trinajstić information content (AvgIpc) is 3.89. The molecule has 2 aliphatic heterocycles. The molecule has 2 saturated carbocycles. The Balaban J connectivity index is 1.15. The van der Waals surface area contributed by atoms with Gasteiger partial charge in [-0.3, -0.25) is 0 Å². The van der Waals surface area contributed by atoms with Crippen LogP contribution in [0.15, 0.2) is 127 Å². The van der Waals surface area contributed by atoms with E-state index in [1.807, 2.05) is 0 Å². The Morgan fingerprint density at radius 3 is 1.49 bits per heavy atom. The maximum Gasteiger partial charge on any atom is 0.252 e. The van der Waals surface area contributed by atoms with Crippen LogP contribution < -0.4 is 16.4 Å². The van der Waals surface area contributed by atoms with E-state index in [0.717, 1.165) is 33.5 Å². The number of fused-ring (bicyclic) bond motifs is 11. The molecule has 10 aromatic rings. The van der Waals surface area contributed by atoms with Crippen molar-refractivity contribution in [2.75, 3.05) is 0 Å². The number of benzene rings is 7. The summed E-state index contributed by atoms with van der Waals surface area (Å²) in [7, 11) is 0. The molecule has 0 unspecified atom stereocenters. The minimum absolute atomic E-state index is 0.0167. The van der Waals surface area contributed by atoms with Crippen LogP contribution in [0.4, 0.5) is 0 Å². The SMILES string of the molecule is CC(C)(C)c1ccc2c(c1)c1cc(C3CCCCC3)cc3c1n2-c1cc(-c2nc(-c4ccccc4)c4ccccc4n2)cc2c1B3c1cc(C3CCCCC3)cc3c4cc(C(C)(C)C)ccc4n-2c13. The maximum atomic E-state index is 5.56. The second-order valence-corrected chi connectivity index (χ2v) is 23.5. The molecular formula is C64H61BN4. The number of hydrogen-bond donors (Lipinski definition) is 0. The highest BCUT2D eigenvalue weighted by atomic mass is 15.0. The summed E-state index contributed by atoms with van der Waals surface area (Å²) < 4.78 is 5.34. The van der Waals surface area contributed by atoms with Crippen molar-refractivity contribution in [2.24, 2.45) is 0 Å². The molecule has 14 rings (SSSR count). The predicted octanol–water partition coefficient (Wildman–Crippen LogP) is 15.0. The predicted molar refractivity (Wildman–Crippen MR) is 293 cm³/mol. The fourth-order valence-electron chi connectivity index (χ4n) is 13.5. The van der Waals surface area contributed by atoms with E-state index >= 15 is 0 Å². The van der Waals surface area contributed by atoms with Crippen LogP contribution in [0.25, 0.3) is 88.5 Å². The van der Waals surface area contributed by atoms with Crippen molar-refractivity contribution in [3.63, 3.8) is 0 Å². The zero-order valence-corrected chi connectivity index (χ0v) is 41.2. The van der Waals surface area contributed by atoms with Gasteiger partial charge >= 0.3 is 0 Å². The highest BCUT2D eigenvalue weighted by Crippen LogP contribution is 2.46. The van der Waals surface area contributed by atoms with E-state index in [0.29, 0.717) is 11.8 Å². The Morgan fingerprint density at radius 1 is 0.464 bits per heavy atom. The van der Waals surface area contributed by atoms with Crippen molar-refractivity contribution in [1.29, 1.82) is 0 Å². The van der Waals surface area contributed by atoms with E-state index in [9.17, 15) is 0 Å². The van der Waals surface area contributed by atoms with Crippen molar-refractivity contribution in [1.82, 2.24) is 19.1 Å². The number of aromatic nitrogens is 4. The summed E-state index contributed by atoms with van der Waals surface area (Å²) in [5, 5.41) is 6.60. The first-order valence-corrected chi connectivity index (χ1v) is 26.2. The van der Waals surface area contributed by atoms with Gasteiger partial charge in [-0.1, -0.05) is 153 Å². The van der Waals surface area contributed by atoms with Crippen molar-refractivity contribution in [3.8, 4) is 34.0 Å². The molecule has 0 spiro atoms. The van der Waals surface area contributed by atoms with E-state index in [1.165, 1.54) is 158 Å². The minimum Gasteiger partial charge on any atom is -0.310 e. The lowest BCUT2D eigenvalue weighted by atomic mass is 9.34. The summed E-state index contributed by atoms with van der Waals surface area (Å²) >= 11 is 0. The normalized spacial score (nSPS) is 16.4. The molecule has 5 heteroatoms. The Labute approximate surface area is 406 Å². The minimum atomic E-state index is 0.0167. The number of para-hydroxylation sites is 1. The third kappa shape index (κ3) is 6.27. The molecule has 3 aromatic heterocycles. The smallest absolute Gasteiger partial charge is 0.252 e. The van der Waals surface area contributed by atoms with Gasteiger partial charge in [0, 0.05) is 60.5 Å². The summed E-state index contributed by atoms with van der Waals surface area (Å²) in [5.41, 5.74) is 22.1. The molecule has 0 N–H and O–H groups in total. The molecule has 0 radical (unpaired) electrons. The van der Waals surface area contributed by atoms with Crippen LogP contribution in [0.5, 0.6) is 0 Å². The van der Waals surface area contributed by atoms with Gasteiger partial charge in [-0.15, -0.1) is 0 Å². The molecule has 69 heavy (non-hydrogen) atoms. The highest BCUT2D eigenvalue weighted by molar-refractivity contribution is 7.00. The average molecular weight is 897 g/mol. The maximum absolute atomic E-state index is 5.56. The van der Waals surface area contributed by atoms with E-state index in [1.54, 1.807) is 0 Å². The van der Waals surface area contributed by atoms with Crippen molar-refractivity contribution < 1.29 is 0 Å². The zero-order valence-electron chi connectivity index (χ0n) is 41.2. The first-order valence-electron chi connectivity index (χ1n) is 26.2. The van der Waals surface area contributed by atoms with Crippen LogP contribution in [0.2, 0.25) is 0 Å². The first kappa shape index (κ1) is 41.5. The number of nitrogens with zero attached hydrogens (tertiary/aromatic N) is 4. The third-order valence-electron chi connectivity index (χ3n) is 17.1. The van der Waals surface area contributed by atoms with Crippen molar-refractivity contribution in [3.05, 3.63) is 150 Å². The molecule has 2 fully saturated rings. The Hall–Kier alpha value is -6.46. The van der Waals surface area contributed by atoms with Gasteiger partial charge in [-0.25, -0.2) is 9.97 Å². The van der Waals surface area contributed by atoms with Gasteiger partial charge in [0.1, 0.15) is 0 Å². The standard InChI is InChI=1S/C64H61BN4/c1-63(2,3)44-26-28-54-47(36-44)49-30-41(38-18-10-7-11-19-38)32-51-60(49)68(54)56-34-43(62-66-53-25-17-16-24-46(53)59(67-62)40-22-14-9-15-23-40)35-57-58(56)65(51)52-33-42(39-20-12-8-13-21-39)31-50-48-37-45(64(4,5)6)27-29-55(48)69(57)61(50)52/h9,14-17,22-39H,7-8,10-13,18-21H2,1-6H3. The molecule has 7 aromatic carbocycles. The van der Waals surface area contributed by atoms with Crippen LogP contribution in [-0.4, -0.2) is 25.8 Å². The molecule has 0 bridgehead atoms. The molecule has 340 valence electrons. The Bertz CT molecular complexity index is 3590. The van der Waals surface area contributed by atoms with Crippen molar-refractivity contribution >= 4 is 77.6 Å². The summed E-state index contributed by atoms with van der Waals surface area (Å²) in [4.78, 5) is 11.0. The molecule has 0 amide bonds. The molecule has 4 aliphatic rings. The van der Waals surface area contributed by atoms with Gasteiger partial charge in [0.2, 0.25) is 0 Å². The number of hydrogen-bond acceptors (Lipinski definition) is 2. The fourth-order valence-corrected chi connectivity index (χ4v) is 13.5. The molecule has 2 aliphatic carbocycles. The monoisotopic (exact) mass is 896 g/mol. The van der Waals surface area contributed by atoms with Crippen LogP contribution in [0.1, 0.15) is 140 Å². The number of rotatable bonds is 4. The van der Waals surface area contributed by atoms with E-state index < -0.39 is 0 Å². The second-order valence-electron chi connectivity index (χ2n) is 23.5. The largest absolute Gasteiger partial charge is 0.310 e. The van der Waals surface area contributed by atoms with Gasteiger partial charge < -0.3 is 9.13 Å². The molecule has 4 nitrogen and oxygen atoms in total. The highest BCUT2D eigenvalue weighted by Gasteiger charge is 2.43. The second kappa shape index (κ2) is 15.0. The van der Waals surface area contributed by atoms with Crippen LogP contribution in [0, 0.1) is 0 Å². The summed E-state index contributed by atoms with van der Waals surface area (Å²) in [5.74, 6) is 1.91. The molecule has 5 heterocycles. The third-order valence-corrected chi connectivity index (χ3v) is 17.1. The van der Waals surface area contributed by atoms with E-state index in [2.05, 4.69) is 178 Å². The van der Waals surface area contributed by atoms with Crippen LogP contribution in [-0.2, 0) is 10.8 Å². The van der Waals surface area contributed by atoms with Gasteiger partial charge in [-0.2, -0.15) is 0 Å². The van der Waals surface area contributed by atoms with Crippen molar-refractivity contribution in [2.45, 2.75) is 128 Å². The quantitative estimate of drug-likeness (QED) is 0.165. The Kier molecular flexibility index (Phi) is 9.04. The molecular weight excluding hydrogens is 836 g/mol. The van der Waals surface area contributed by atoms with Gasteiger partial charge in [0.15, 0.2) is 5.82 Å². The fraction of sp³-hybridized carbons (Fsp3) is 0.312. The lowest BCUT2D eigenvalue weighted by Crippen LogP contribution is -2.59. The summed E-state index contributed by atoms with van der Waals surface area (Å²) in [6.07, 6.45) is 13.1. The first-order chi connectivity index (χ1) is 33.5. The van der Waals surface area contributed by atoms with Gasteiger partial charge in [0.25, 0.3) is 6.71 Å². The Morgan fingerprint density at radius 2 is 0.971 bits per heavy atom.